The molecule has 0 fully saturated rings. The fourth-order valence-electron chi connectivity index (χ4n) is 1.44. The first-order valence-corrected chi connectivity index (χ1v) is 7.25. The maximum absolute atomic E-state index is 11.6. The van der Waals surface area contributed by atoms with E-state index in [-0.39, 0.29) is 4.90 Å². The van der Waals surface area contributed by atoms with Crippen LogP contribution in [0.1, 0.15) is 0 Å². The zero-order chi connectivity index (χ0) is 11.8. The highest BCUT2D eigenvalue weighted by molar-refractivity contribution is 7.90. The second-order valence-electron chi connectivity index (χ2n) is 3.33. The molecule has 0 bridgehead atoms. The highest BCUT2D eigenvalue weighted by atomic mass is 32.2. The van der Waals surface area contributed by atoms with Gasteiger partial charge in [0.25, 0.3) is 0 Å². The SMILES string of the molecule is CS(=O)(=O)c1ccccc1-c1ncsc1N. The molecule has 1 heterocycles. The minimum Gasteiger partial charge on any atom is -0.389 e. The molecule has 0 saturated heterocycles. The van der Waals surface area contributed by atoms with Crippen molar-refractivity contribution in [3.05, 3.63) is 29.8 Å². The summed E-state index contributed by atoms with van der Waals surface area (Å²) in [5, 5.41) is 0.524. The summed E-state index contributed by atoms with van der Waals surface area (Å²) in [6.07, 6.45) is 1.17. The van der Waals surface area contributed by atoms with Crippen molar-refractivity contribution in [3.8, 4) is 11.3 Å². The van der Waals surface area contributed by atoms with Crippen molar-refractivity contribution in [3.63, 3.8) is 0 Å². The molecule has 0 aliphatic heterocycles. The van der Waals surface area contributed by atoms with E-state index in [1.807, 2.05) is 0 Å². The number of rotatable bonds is 2. The zero-order valence-corrected chi connectivity index (χ0v) is 10.2. The van der Waals surface area contributed by atoms with Crippen LogP contribution in [0.3, 0.4) is 0 Å². The largest absolute Gasteiger partial charge is 0.389 e. The molecular formula is C10H10N2O2S2. The van der Waals surface area contributed by atoms with Crippen LogP contribution in [0, 0.1) is 0 Å². The molecule has 2 N–H and O–H groups in total. The van der Waals surface area contributed by atoms with Gasteiger partial charge in [-0.15, -0.1) is 11.3 Å². The lowest BCUT2D eigenvalue weighted by Gasteiger charge is -2.05. The predicted octanol–water partition coefficient (Wildman–Crippen LogP) is 1.80. The van der Waals surface area contributed by atoms with Crippen LogP contribution in [0.25, 0.3) is 11.3 Å². The maximum atomic E-state index is 11.6. The van der Waals surface area contributed by atoms with E-state index >= 15 is 0 Å². The van der Waals surface area contributed by atoms with Gasteiger partial charge in [-0.2, -0.15) is 0 Å². The third-order valence-corrected chi connectivity index (χ3v) is 3.95. The van der Waals surface area contributed by atoms with E-state index in [1.165, 1.54) is 17.6 Å². The highest BCUT2D eigenvalue weighted by Gasteiger charge is 2.16. The first-order valence-electron chi connectivity index (χ1n) is 4.48. The van der Waals surface area contributed by atoms with Crippen molar-refractivity contribution < 1.29 is 8.42 Å². The minimum absolute atomic E-state index is 0.257. The minimum atomic E-state index is -3.27. The molecule has 1 aromatic heterocycles. The summed E-state index contributed by atoms with van der Waals surface area (Å²) in [6, 6.07) is 6.72. The summed E-state index contributed by atoms with van der Waals surface area (Å²) in [7, 11) is -3.27. The molecule has 1 aromatic carbocycles. The Morgan fingerprint density at radius 3 is 2.56 bits per heavy atom. The van der Waals surface area contributed by atoms with Crippen LogP contribution in [-0.4, -0.2) is 19.7 Å². The zero-order valence-electron chi connectivity index (χ0n) is 8.54. The molecule has 2 aromatic rings. The fourth-order valence-corrected chi connectivity index (χ4v) is 2.88. The Morgan fingerprint density at radius 2 is 2.00 bits per heavy atom. The van der Waals surface area contributed by atoms with E-state index in [1.54, 1.807) is 29.8 Å². The quantitative estimate of drug-likeness (QED) is 0.886. The topological polar surface area (TPSA) is 73.0 Å². The molecular weight excluding hydrogens is 244 g/mol. The van der Waals surface area contributed by atoms with Gasteiger partial charge in [0.05, 0.1) is 10.4 Å². The van der Waals surface area contributed by atoms with E-state index in [4.69, 9.17) is 5.73 Å². The van der Waals surface area contributed by atoms with Crippen LogP contribution in [0.4, 0.5) is 5.00 Å². The summed E-state index contributed by atoms with van der Waals surface area (Å²) in [6.45, 7) is 0. The molecule has 0 aliphatic rings. The molecule has 0 spiro atoms. The van der Waals surface area contributed by atoms with E-state index in [2.05, 4.69) is 4.98 Å². The molecule has 16 heavy (non-hydrogen) atoms. The Hall–Kier alpha value is -1.40. The second-order valence-corrected chi connectivity index (χ2v) is 6.20. The van der Waals surface area contributed by atoms with Crippen LogP contribution in [0.15, 0.2) is 34.7 Å². The van der Waals surface area contributed by atoms with Crippen molar-refractivity contribution in [2.75, 3.05) is 12.0 Å². The smallest absolute Gasteiger partial charge is 0.176 e. The number of nitrogen functional groups attached to an aromatic ring is 1. The Morgan fingerprint density at radius 1 is 1.31 bits per heavy atom. The number of hydrogen-bond acceptors (Lipinski definition) is 5. The summed E-state index contributed by atoms with van der Waals surface area (Å²) in [5.41, 5.74) is 8.44. The lowest BCUT2D eigenvalue weighted by Crippen LogP contribution is -2.00. The summed E-state index contributed by atoms with van der Waals surface area (Å²) >= 11 is 1.29. The third-order valence-electron chi connectivity index (χ3n) is 2.14. The van der Waals surface area contributed by atoms with Gasteiger partial charge in [0.15, 0.2) is 9.84 Å². The van der Waals surface area contributed by atoms with Gasteiger partial charge >= 0.3 is 0 Å². The van der Waals surface area contributed by atoms with E-state index in [0.717, 1.165) is 0 Å². The van der Waals surface area contributed by atoms with Crippen LogP contribution in [0.5, 0.6) is 0 Å². The third kappa shape index (κ3) is 1.94. The van der Waals surface area contributed by atoms with Gasteiger partial charge in [0.2, 0.25) is 0 Å². The monoisotopic (exact) mass is 254 g/mol. The normalized spacial score (nSPS) is 11.6. The maximum Gasteiger partial charge on any atom is 0.176 e. The van der Waals surface area contributed by atoms with Crippen LogP contribution in [0.2, 0.25) is 0 Å². The predicted molar refractivity (Wildman–Crippen MR) is 65.1 cm³/mol. The van der Waals surface area contributed by atoms with Gasteiger partial charge in [0, 0.05) is 11.8 Å². The summed E-state index contributed by atoms with van der Waals surface area (Å²) in [4.78, 5) is 4.35. The van der Waals surface area contributed by atoms with Crippen LogP contribution < -0.4 is 5.73 Å². The van der Waals surface area contributed by atoms with Crippen molar-refractivity contribution in [1.29, 1.82) is 0 Å². The first-order chi connectivity index (χ1) is 7.50. The molecule has 0 unspecified atom stereocenters. The molecule has 0 atom stereocenters. The lowest BCUT2D eigenvalue weighted by molar-refractivity contribution is 0.602. The average Bonchev–Trinajstić information content (AvgIpc) is 2.63. The standard InChI is InChI=1S/C10H10N2O2S2/c1-16(13,14)8-5-3-2-4-7(8)9-10(11)15-6-12-9/h2-6H,11H2,1H3. The van der Waals surface area contributed by atoms with Crippen molar-refractivity contribution in [2.45, 2.75) is 4.90 Å². The number of thiazole rings is 1. The van der Waals surface area contributed by atoms with E-state index < -0.39 is 9.84 Å². The molecule has 6 heteroatoms. The molecule has 84 valence electrons. The highest BCUT2D eigenvalue weighted by Crippen LogP contribution is 2.32. The molecule has 0 radical (unpaired) electrons. The number of anilines is 1. The Bertz CT molecular complexity index is 617. The number of hydrogen-bond donors (Lipinski definition) is 1. The van der Waals surface area contributed by atoms with Gasteiger partial charge in [0.1, 0.15) is 10.7 Å². The van der Waals surface area contributed by atoms with Crippen molar-refractivity contribution in [1.82, 2.24) is 4.98 Å². The van der Waals surface area contributed by atoms with Gasteiger partial charge in [-0.3, -0.25) is 0 Å². The second kappa shape index (κ2) is 3.88. The van der Waals surface area contributed by atoms with Crippen molar-refractivity contribution in [2.24, 2.45) is 0 Å². The Balaban J connectivity index is 2.72. The Kier molecular flexibility index (Phi) is 2.69. The number of sulfone groups is 1. The molecule has 0 amide bonds. The lowest BCUT2D eigenvalue weighted by atomic mass is 10.2. The van der Waals surface area contributed by atoms with E-state index in [9.17, 15) is 8.42 Å². The first kappa shape index (κ1) is 11.1. The van der Waals surface area contributed by atoms with E-state index in [0.29, 0.717) is 16.3 Å². The Labute approximate surface area is 97.7 Å². The van der Waals surface area contributed by atoms with Gasteiger partial charge in [-0.25, -0.2) is 13.4 Å². The molecule has 0 aliphatic carbocycles. The fraction of sp³-hybridized carbons (Fsp3) is 0.100. The van der Waals surface area contributed by atoms with Gasteiger partial charge in [-0.05, 0) is 6.07 Å². The molecule has 2 rings (SSSR count). The molecule has 0 saturated carbocycles. The number of aromatic nitrogens is 1. The van der Waals surface area contributed by atoms with Gasteiger partial charge in [-0.1, -0.05) is 18.2 Å². The summed E-state index contributed by atoms with van der Waals surface area (Å²) < 4.78 is 23.2. The van der Waals surface area contributed by atoms with Crippen LogP contribution in [-0.2, 0) is 9.84 Å². The summed E-state index contributed by atoms with van der Waals surface area (Å²) in [5.74, 6) is 0. The van der Waals surface area contributed by atoms with Gasteiger partial charge < -0.3 is 5.73 Å². The number of benzene rings is 1. The van der Waals surface area contributed by atoms with Crippen LogP contribution >= 0.6 is 11.3 Å². The average molecular weight is 254 g/mol. The number of nitrogens with zero attached hydrogens (tertiary/aromatic N) is 1. The number of nitrogens with two attached hydrogens (primary N) is 1. The molecule has 4 nitrogen and oxygen atoms in total. The van der Waals surface area contributed by atoms with Crippen molar-refractivity contribution >= 4 is 26.2 Å².